The average Bonchev–Trinajstić information content (AvgIpc) is 3.30. The fourth-order valence-electron chi connectivity index (χ4n) is 2.70. The molecule has 0 saturated carbocycles. The maximum atomic E-state index is 13.9. The third-order valence-corrected chi connectivity index (χ3v) is 6.03. The number of halogens is 3. The van der Waals surface area contributed by atoms with E-state index in [0.717, 1.165) is 26.9 Å². The molecular weight excluding hydrogens is 423 g/mol. The van der Waals surface area contributed by atoms with Gasteiger partial charge in [0.25, 0.3) is 5.91 Å². The van der Waals surface area contributed by atoms with E-state index in [0.29, 0.717) is 16.9 Å². The fraction of sp³-hybridized carbons (Fsp3) is 0.105. The van der Waals surface area contributed by atoms with Crippen molar-refractivity contribution in [3.63, 3.8) is 0 Å². The van der Waals surface area contributed by atoms with Crippen LogP contribution in [0.5, 0.6) is 0 Å². The summed E-state index contributed by atoms with van der Waals surface area (Å²) in [5.74, 6) is -4.92. The summed E-state index contributed by atoms with van der Waals surface area (Å²) < 4.78 is 46.9. The molecule has 148 valence electrons. The summed E-state index contributed by atoms with van der Waals surface area (Å²) in [6, 6.07) is 8.75. The summed E-state index contributed by atoms with van der Waals surface area (Å²) in [5.41, 5.74) is 0.583. The average molecular weight is 435 g/mol. The summed E-state index contributed by atoms with van der Waals surface area (Å²) in [4.78, 5) is 12.7. The minimum absolute atomic E-state index is 0.0379. The van der Waals surface area contributed by atoms with Crippen LogP contribution < -0.4 is 5.32 Å². The number of para-hydroxylation sites is 1. The molecule has 0 bridgehead atoms. The highest BCUT2D eigenvalue weighted by Gasteiger charge is 2.23. The second-order valence-corrected chi connectivity index (χ2v) is 8.36. The zero-order chi connectivity index (χ0) is 20.5. The van der Waals surface area contributed by atoms with Crippen molar-refractivity contribution in [2.45, 2.75) is 17.0 Å². The van der Waals surface area contributed by atoms with Crippen LogP contribution in [0.4, 0.5) is 18.9 Å². The Morgan fingerprint density at radius 3 is 2.69 bits per heavy atom. The van der Waals surface area contributed by atoms with Crippen molar-refractivity contribution < 1.29 is 22.4 Å². The fourth-order valence-corrected chi connectivity index (χ4v) is 4.54. The monoisotopic (exact) mass is 435 g/mol. The minimum Gasteiger partial charge on any atom is -0.451 e. The van der Waals surface area contributed by atoms with Crippen LogP contribution in [-0.2, 0) is 5.75 Å². The van der Waals surface area contributed by atoms with E-state index in [1.807, 2.05) is 6.92 Å². The second-order valence-electron chi connectivity index (χ2n) is 5.96. The number of aromatic nitrogens is 2. The number of thioether (sulfide) groups is 1. The van der Waals surface area contributed by atoms with Gasteiger partial charge in [-0.05, 0) is 25.1 Å². The molecule has 5 nitrogen and oxygen atoms in total. The third kappa shape index (κ3) is 3.85. The van der Waals surface area contributed by atoms with E-state index in [9.17, 15) is 18.0 Å². The number of hydrogen-bond acceptors (Lipinski definition) is 6. The van der Waals surface area contributed by atoms with Crippen LogP contribution in [0.15, 0.2) is 45.2 Å². The van der Waals surface area contributed by atoms with Gasteiger partial charge in [-0.2, -0.15) is 0 Å². The lowest BCUT2D eigenvalue weighted by molar-refractivity contribution is 0.0997. The predicted molar refractivity (Wildman–Crippen MR) is 105 cm³/mol. The van der Waals surface area contributed by atoms with Gasteiger partial charge in [0.1, 0.15) is 10.6 Å². The number of amides is 1. The van der Waals surface area contributed by atoms with Gasteiger partial charge in [0.2, 0.25) is 0 Å². The van der Waals surface area contributed by atoms with Gasteiger partial charge >= 0.3 is 0 Å². The first-order valence-electron chi connectivity index (χ1n) is 8.32. The van der Waals surface area contributed by atoms with Gasteiger partial charge in [0.15, 0.2) is 27.6 Å². The first-order chi connectivity index (χ1) is 13.9. The van der Waals surface area contributed by atoms with Crippen molar-refractivity contribution in [3.8, 4) is 0 Å². The standard InChI is InChI=1S/C19H12F3N3O2S2/c1-9-24-25-19(29-9)28-8-11-10-4-2-3-5-14(10)27-17(11)18(26)23-13-7-6-12(20)15(21)16(13)22/h2-7H,8H2,1H3,(H,23,26). The molecule has 4 aromatic rings. The first kappa shape index (κ1) is 19.5. The van der Waals surface area contributed by atoms with Gasteiger partial charge in [-0.25, -0.2) is 13.2 Å². The molecule has 2 aromatic heterocycles. The van der Waals surface area contributed by atoms with Gasteiger partial charge < -0.3 is 9.73 Å². The summed E-state index contributed by atoms with van der Waals surface area (Å²) in [6.45, 7) is 1.84. The number of anilines is 1. The van der Waals surface area contributed by atoms with Crippen LogP contribution in [0.2, 0.25) is 0 Å². The molecule has 0 aliphatic carbocycles. The van der Waals surface area contributed by atoms with Crippen molar-refractivity contribution in [1.29, 1.82) is 0 Å². The van der Waals surface area contributed by atoms with Gasteiger partial charge in [0, 0.05) is 16.7 Å². The van der Waals surface area contributed by atoms with E-state index in [4.69, 9.17) is 4.42 Å². The minimum atomic E-state index is -1.66. The molecule has 0 saturated heterocycles. The lowest BCUT2D eigenvalue weighted by Gasteiger charge is -2.07. The maximum Gasteiger partial charge on any atom is 0.291 e. The van der Waals surface area contributed by atoms with Crippen molar-refractivity contribution in [2.24, 2.45) is 0 Å². The molecule has 10 heteroatoms. The van der Waals surface area contributed by atoms with E-state index in [2.05, 4.69) is 15.5 Å². The summed E-state index contributed by atoms with van der Waals surface area (Å²) in [5, 5.41) is 11.8. The topological polar surface area (TPSA) is 68.0 Å². The van der Waals surface area contributed by atoms with Crippen molar-refractivity contribution in [1.82, 2.24) is 10.2 Å². The summed E-state index contributed by atoms with van der Waals surface area (Å²) in [6.07, 6.45) is 0. The number of fused-ring (bicyclic) bond motifs is 1. The number of aryl methyl sites for hydroxylation is 1. The molecule has 0 atom stereocenters. The first-order valence-corrected chi connectivity index (χ1v) is 10.1. The number of carbonyl (C=O) groups is 1. The van der Waals surface area contributed by atoms with Crippen LogP contribution in [0.1, 0.15) is 21.1 Å². The molecule has 1 N–H and O–H groups in total. The van der Waals surface area contributed by atoms with Crippen LogP contribution in [0.3, 0.4) is 0 Å². The highest BCUT2D eigenvalue weighted by atomic mass is 32.2. The molecule has 4 rings (SSSR count). The van der Waals surface area contributed by atoms with E-state index in [1.54, 1.807) is 24.3 Å². The van der Waals surface area contributed by atoms with Crippen molar-refractivity contribution in [3.05, 3.63) is 70.2 Å². The number of nitrogens with one attached hydrogen (secondary N) is 1. The Labute approximate surface area is 170 Å². The molecule has 29 heavy (non-hydrogen) atoms. The van der Waals surface area contributed by atoms with E-state index in [-0.39, 0.29) is 5.76 Å². The Morgan fingerprint density at radius 1 is 1.14 bits per heavy atom. The highest BCUT2D eigenvalue weighted by molar-refractivity contribution is 8.00. The van der Waals surface area contributed by atoms with Gasteiger partial charge in [-0.15, -0.1) is 10.2 Å². The molecule has 0 aliphatic rings. The Balaban J connectivity index is 1.67. The Kier molecular flexibility index (Phi) is 5.29. The molecule has 1 amide bonds. The van der Waals surface area contributed by atoms with Gasteiger partial charge in [-0.1, -0.05) is 41.3 Å². The van der Waals surface area contributed by atoms with Gasteiger partial charge in [-0.3, -0.25) is 4.79 Å². The van der Waals surface area contributed by atoms with Crippen LogP contribution in [0.25, 0.3) is 11.0 Å². The molecule has 2 heterocycles. The number of carbonyl (C=O) groups excluding carboxylic acids is 1. The number of hydrogen-bond donors (Lipinski definition) is 1. The normalized spacial score (nSPS) is 11.2. The molecular formula is C19H12F3N3O2S2. The van der Waals surface area contributed by atoms with Crippen LogP contribution in [-0.4, -0.2) is 16.1 Å². The molecule has 0 radical (unpaired) electrons. The number of nitrogens with zero attached hydrogens (tertiary/aromatic N) is 2. The maximum absolute atomic E-state index is 13.9. The molecule has 2 aromatic carbocycles. The van der Waals surface area contributed by atoms with Crippen LogP contribution in [0, 0.1) is 24.4 Å². The highest BCUT2D eigenvalue weighted by Crippen LogP contribution is 2.33. The smallest absolute Gasteiger partial charge is 0.291 e. The van der Waals surface area contributed by atoms with E-state index in [1.165, 1.54) is 23.1 Å². The molecule has 0 fully saturated rings. The number of furan rings is 1. The second kappa shape index (κ2) is 7.88. The number of rotatable bonds is 5. The SMILES string of the molecule is Cc1nnc(SCc2c(C(=O)Nc3ccc(F)c(F)c3F)oc3ccccc23)s1. The lowest BCUT2D eigenvalue weighted by atomic mass is 10.1. The quantitative estimate of drug-likeness (QED) is 0.329. The molecule has 0 unspecified atom stereocenters. The zero-order valence-electron chi connectivity index (χ0n) is 14.8. The van der Waals surface area contributed by atoms with Gasteiger partial charge in [0.05, 0.1) is 5.69 Å². The Hall–Kier alpha value is -2.85. The van der Waals surface area contributed by atoms with Crippen molar-refractivity contribution >= 4 is 45.7 Å². The van der Waals surface area contributed by atoms with E-state index >= 15 is 0 Å². The summed E-state index contributed by atoms with van der Waals surface area (Å²) in [7, 11) is 0. The zero-order valence-corrected chi connectivity index (χ0v) is 16.5. The third-order valence-electron chi connectivity index (χ3n) is 4.04. The Morgan fingerprint density at radius 2 is 1.93 bits per heavy atom. The molecule has 0 aliphatic heterocycles. The van der Waals surface area contributed by atoms with Crippen LogP contribution >= 0.6 is 23.1 Å². The number of benzene rings is 2. The van der Waals surface area contributed by atoms with E-state index < -0.39 is 29.0 Å². The molecule has 0 spiro atoms. The summed E-state index contributed by atoms with van der Waals surface area (Å²) >= 11 is 2.80. The predicted octanol–water partition coefficient (Wildman–Crippen LogP) is 5.55. The Bertz CT molecular complexity index is 1220. The largest absolute Gasteiger partial charge is 0.451 e. The lowest BCUT2D eigenvalue weighted by Crippen LogP contribution is -2.14. The van der Waals surface area contributed by atoms with Crippen molar-refractivity contribution in [2.75, 3.05) is 5.32 Å².